The van der Waals surface area contributed by atoms with Gasteiger partial charge in [0.05, 0.1) is 0 Å². The highest BCUT2D eigenvalue weighted by Crippen LogP contribution is 2.48. The highest BCUT2D eigenvalue weighted by molar-refractivity contribution is 5.36. The fourth-order valence-corrected chi connectivity index (χ4v) is 2.26. The van der Waals surface area contributed by atoms with E-state index >= 15 is 0 Å². The summed E-state index contributed by atoms with van der Waals surface area (Å²) < 4.78 is 54.4. The molecule has 0 bridgehead atoms. The quantitative estimate of drug-likeness (QED) is 0.732. The van der Waals surface area contributed by atoms with Crippen molar-refractivity contribution in [1.29, 1.82) is 0 Å². The molecule has 1 aliphatic carbocycles. The van der Waals surface area contributed by atoms with E-state index in [1.165, 1.54) is 6.92 Å². The van der Waals surface area contributed by atoms with Crippen molar-refractivity contribution in [1.82, 2.24) is 9.78 Å². The van der Waals surface area contributed by atoms with Crippen LogP contribution >= 0.6 is 0 Å². The summed E-state index contributed by atoms with van der Waals surface area (Å²) in [6.07, 6.45) is -2.83. The maximum Gasteiger partial charge on any atom is 0.292 e. The van der Waals surface area contributed by atoms with Gasteiger partial charge in [0, 0.05) is 17.5 Å². The molecule has 2 rings (SSSR count). The second-order valence-electron chi connectivity index (χ2n) is 4.78. The smallest absolute Gasteiger partial charge is 0.260 e. The third-order valence-electron chi connectivity index (χ3n) is 3.18. The van der Waals surface area contributed by atoms with Crippen LogP contribution in [0.5, 0.6) is 0 Å². The Kier molecular flexibility index (Phi) is 2.71. The molecule has 0 fully saturated rings. The molecule has 2 nitrogen and oxygen atoms in total. The van der Waals surface area contributed by atoms with Crippen molar-refractivity contribution in [3.05, 3.63) is 17.0 Å². The van der Waals surface area contributed by atoms with E-state index in [1.54, 1.807) is 13.8 Å². The van der Waals surface area contributed by atoms with E-state index in [-0.39, 0.29) is 23.7 Å². The van der Waals surface area contributed by atoms with Gasteiger partial charge in [0.1, 0.15) is 11.4 Å². The van der Waals surface area contributed by atoms with Crippen molar-refractivity contribution in [2.24, 2.45) is 5.92 Å². The maximum atomic E-state index is 13.9. The van der Waals surface area contributed by atoms with E-state index in [4.69, 9.17) is 0 Å². The van der Waals surface area contributed by atoms with E-state index in [9.17, 15) is 17.6 Å². The third-order valence-corrected chi connectivity index (χ3v) is 3.18. The van der Waals surface area contributed by atoms with Crippen molar-refractivity contribution in [2.75, 3.05) is 0 Å². The van der Waals surface area contributed by atoms with Gasteiger partial charge in [-0.15, -0.1) is 0 Å². The largest absolute Gasteiger partial charge is 0.292 e. The van der Waals surface area contributed by atoms with E-state index in [1.807, 2.05) is 0 Å². The number of alkyl halides is 4. The normalized spacial score (nSPS) is 22.5. The summed E-state index contributed by atoms with van der Waals surface area (Å²) in [5.41, 5.74) is -0.778. The molecule has 0 aliphatic heterocycles. The molecule has 0 radical (unpaired) electrons. The Labute approximate surface area is 96.6 Å². The summed E-state index contributed by atoms with van der Waals surface area (Å²) >= 11 is 0. The second kappa shape index (κ2) is 3.71. The van der Waals surface area contributed by atoms with Crippen LogP contribution in [0.2, 0.25) is 0 Å². The molecular weight excluding hydrogens is 236 g/mol. The lowest BCUT2D eigenvalue weighted by molar-refractivity contribution is -0.0538. The topological polar surface area (TPSA) is 17.8 Å². The molecule has 17 heavy (non-hydrogen) atoms. The average molecular weight is 250 g/mol. The first kappa shape index (κ1) is 12.4. The van der Waals surface area contributed by atoms with Crippen molar-refractivity contribution in [3.63, 3.8) is 0 Å². The maximum absolute atomic E-state index is 13.9. The van der Waals surface area contributed by atoms with Crippen LogP contribution < -0.4 is 0 Å². The predicted octanol–water partition coefficient (Wildman–Crippen LogP) is 3.69. The number of aromatic nitrogens is 2. The van der Waals surface area contributed by atoms with Gasteiger partial charge in [-0.05, 0) is 20.3 Å². The van der Waals surface area contributed by atoms with Gasteiger partial charge in [-0.2, -0.15) is 13.9 Å². The summed E-state index contributed by atoms with van der Waals surface area (Å²) in [6.45, 7) is 4.68. The van der Waals surface area contributed by atoms with Crippen LogP contribution in [0.1, 0.15) is 50.2 Å². The fourth-order valence-electron chi connectivity index (χ4n) is 2.26. The van der Waals surface area contributed by atoms with E-state index in [0.29, 0.717) is 0 Å². The lowest BCUT2D eigenvalue weighted by Crippen LogP contribution is -2.23. The first-order valence-electron chi connectivity index (χ1n) is 5.54. The Balaban J connectivity index is 2.64. The molecule has 1 unspecified atom stereocenters. The number of halogens is 4. The Bertz CT molecular complexity index is 437. The Morgan fingerprint density at radius 3 is 2.41 bits per heavy atom. The summed E-state index contributed by atoms with van der Waals surface area (Å²) in [4.78, 5) is 0. The summed E-state index contributed by atoms with van der Waals surface area (Å²) in [5.74, 6) is -4.02. The minimum absolute atomic E-state index is 0.0330. The van der Waals surface area contributed by atoms with Crippen LogP contribution in [0.15, 0.2) is 0 Å². The number of rotatable bonds is 2. The highest BCUT2D eigenvalue weighted by atomic mass is 19.3. The van der Waals surface area contributed by atoms with E-state index in [2.05, 4.69) is 5.10 Å². The minimum atomic E-state index is -3.07. The van der Waals surface area contributed by atoms with Gasteiger partial charge in [-0.1, -0.05) is 6.92 Å². The molecule has 6 heteroatoms. The molecule has 1 atom stereocenters. The van der Waals surface area contributed by atoms with Crippen LogP contribution in [0.25, 0.3) is 0 Å². The average Bonchev–Trinajstić information content (AvgIpc) is 2.65. The lowest BCUT2D eigenvalue weighted by Gasteiger charge is -2.19. The fraction of sp³-hybridized carbons (Fsp3) is 0.727. The monoisotopic (exact) mass is 250 g/mol. The van der Waals surface area contributed by atoms with Crippen LogP contribution in [0, 0.1) is 5.92 Å². The first-order valence-corrected chi connectivity index (χ1v) is 5.54. The van der Waals surface area contributed by atoms with Crippen LogP contribution in [0.3, 0.4) is 0 Å². The van der Waals surface area contributed by atoms with Crippen LogP contribution in [-0.4, -0.2) is 9.78 Å². The Morgan fingerprint density at radius 2 is 1.94 bits per heavy atom. The molecule has 0 spiro atoms. The zero-order chi connectivity index (χ0) is 13.0. The zero-order valence-corrected chi connectivity index (χ0v) is 9.85. The highest BCUT2D eigenvalue weighted by Gasteiger charge is 2.51. The molecule has 0 N–H and O–H groups in total. The van der Waals surface area contributed by atoms with E-state index in [0.717, 1.165) is 4.68 Å². The van der Waals surface area contributed by atoms with Crippen molar-refractivity contribution >= 4 is 0 Å². The Hall–Kier alpha value is -1.07. The lowest BCUT2D eigenvalue weighted by atomic mass is 10.1. The predicted molar refractivity (Wildman–Crippen MR) is 54.3 cm³/mol. The van der Waals surface area contributed by atoms with Gasteiger partial charge in [0.15, 0.2) is 0 Å². The molecule has 0 saturated carbocycles. The second-order valence-corrected chi connectivity index (χ2v) is 4.78. The van der Waals surface area contributed by atoms with Gasteiger partial charge in [0.2, 0.25) is 0 Å². The zero-order valence-electron chi connectivity index (χ0n) is 9.85. The SMILES string of the molecule is CC(C)n1nc(C(F)F)c2c1C(F)(F)C(C)C2. The Morgan fingerprint density at radius 1 is 1.35 bits per heavy atom. The number of hydrogen-bond donors (Lipinski definition) is 0. The molecule has 1 aromatic rings. The van der Waals surface area contributed by atoms with Crippen molar-refractivity contribution in [2.45, 2.75) is 45.6 Å². The number of fused-ring (bicyclic) bond motifs is 1. The number of nitrogens with zero attached hydrogens (tertiary/aromatic N) is 2. The first-order chi connectivity index (χ1) is 7.76. The molecule has 96 valence electrons. The molecule has 1 aliphatic rings. The molecule has 0 amide bonds. The van der Waals surface area contributed by atoms with Gasteiger partial charge in [-0.3, -0.25) is 4.68 Å². The standard InChI is InChI=1S/C11H14F4N2/c1-5(2)17-9-7(8(16-17)10(12)13)4-6(3)11(9,14)15/h5-6,10H,4H2,1-3H3. The van der Waals surface area contributed by atoms with Gasteiger partial charge in [0.25, 0.3) is 12.3 Å². The molecular formula is C11H14F4N2. The molecule has 1 heterocycles. The molecule has 0 saturated heterocycles. The van der Waals surface area contributed by atoms with Gasteiger partial charge < -0.3 is 0 Å². The third kappa shape index (κ3) is 1.65. The van der Waals surface area contributed by atoms with Crippen molar-refractivity contribution < 1.29 is 17.6 Å². The molecule has 0 aromatic carbocycles. The minimum Gasteiger partial charge on any atom is -0.260 e. The number of hydrogen-bond acceptors (Lipinski definition) is 1. The summed E-state index contributed by atoms with van der Waals surface area (Å²) in [6, 6.07) is -0.354. The summed E-state index contributed by atoms with van der Waals surface area (Å²) in [5, 5.41) is 3.65. The van der Waals surface area contributed by atoms with Gasteiger partial charge in [-0.25, -0.2) is 8.78 Å². The van der Waals surface area contributed by atoms with E-state index < -0.39 is 24.0 Å². The van der Waals surface area contributed by atoms with Crippen LogP contribution in [-0.2, 0) is 12.3 Å². The van der Waals surface area contributed by atoms with Gasteiger partial charge >= 0.3 is 0 Å². The summed E-state index contributed by atoms with van der Waals surface area (Å²) in [7, 11) is 0. The molecule has 1 aromatic heterocycles. The van der Waals surface area contributed by atoms with Crippen LogP contribution in [0.4, 0.5) is 17.6 Å². The van der Waals surface area contributed by atoms with Crippen molar-refractivity contribution in [3.8, 4) is 0 Å².